The van der Waals surface area contributed by atoms with E-state index in [9.17, 15) is 0 Å². The molecule has 1 aliphatic heterocycles. The van der Waals surface area contributed by atoms with Crippen LogP contribution in [-0.2, 0) is 6.42 Å². The van der Waals surface area contributed by atoms with Gasteiger partial charge in [-0.2, -0.15) is 0 Å². The van der Waals surface area contributed by atoms with Crippen LogP contribution in [0.4, 0.5) is 11.4 Å². The highest BCUT2D eigenvalue weighted by molar-refractivity contribution is 5.74. The van der Waals surface area contributed by atoms with Crippen LogP contribution in [0.5, 0.6) is 0 Å². The van der Waals surface area contributed by atoms with Crippen LogP contribution in [0, 0.1) is 13.8 Å². The first-order chi connectivity index (χ1) is 7.75. The molecule has 0 saturated heterocycles. The molecule has 0 bridgehead atoms. The summed E-state index contributed by atoms with van der Waals surface area (Å²) in [6, 6.07) is 13.0. The molecular formula is C15H15N. The van der Waals surface area contributed by atoms with Crippen LogP contribution in [0.3, 0.4) is 0 Å². The van der Waals surface area contributed by atoms with Crippen LogP contribution in [0.15, 0.2) is 36.4 Å². The average molecular weight is 209 g/mol. The Morgan fingerprint density at radius 2 is 1.75 bits per heavy atom. The predicted molar refractivity (Wildman–Crippen MR) is 68.4 cm³/mol. The third-order valence-electron chi connectivity index (χ3n) is 3.48. The lowest BCUT2D eigenvalue weighted by Crippen LogP contribution is -2.08. The fraction of sp³-hybridized carbons (Fsp3) is 0.200. The molecule has 0 saturated carbocycles. The minimum absolute atomic E-state index is 1.04. The maximum Gasteiger partial charge on any atom is 0.0452 e. The molecule has 1 N–H and O–H groups in total. The Kier molecular flexibility index (Phi) is 2.00. The first kappa shape index (κ1) is 9.46. The number of hydrogen-bond acceptors (Lipinski definition) is 1. The van der Waals surface area contributed by atoms with Crippen molar-refractivity contribution in [2.75, 3.05) is 5.32 Å². The summed E-state index contributed by atoms with van der Waals surface area (Å²) in [6.07, 6.45) is 1.04. The second kappa shape index (κ2) is 3.38. The SMILES string of the molecule is Cc1ccc2c(c1C)Nc1ccccc1C2. The summed E-state index contributed by atoms with van der Waals surface area (Å²) < 4.78 is 0. The first-order valence-corrected chi connectivity index (χ1v) is 5.70. The predicted octanol–water partition coefficient (Wildman–Crippen LogP) is 3.95. The van der Waals surface area contributed by atoms with Crippen molar-refractivity contribution in [2.24, 2.45) is 0 Å². The van der Waals surface area contributed by atoms with Crippen LogP contribution >= 0.6 is 0 Å². The van der Waals surface area contributed by atoms with Crippen LogP contribution in [-0.4, -0.2) is 0 Å². The molecule has 0 aliphatic carbocycles. The van der Waals surface area contributed by atoms with Gasteiger partial charge in [-0.25, -0.2) is 0 Å². The van der Waals surface area contributed by atoms with Crippen LogP contribution in [0.2, 0.25) is 0 Å². The van der Waals surface area contributed by atoms with Gasteiger partial charge in [0.25, 0.3) is 0 Å². The van der Waals surface area contributed by atoms with E-state index in [0.29, 0.717) is 0 Å². The lowest BCUT2D eigenvalue weighted by molar-refractivity contribution is 1.13. The fourth-order valence-electron chi connectivity index (χ4n) is 2.33. The summed E-state index contributed by atoms with van der Waals surface area (Å²) in [5, 5.41) is 3.55. The van der Waals surface area contributed by atoms with E-state index in [1.165, 1.54) is 33.6 Å². The van der Waals surface area contributed by atoms with Crippen molar-refractivity contribution in [1.29, 1.82) is 0 Å². The average Bonchev–Trinajstić information content (AvgIpc) is 2.32. The molecule has 2 aromatic carbocycles. The Hall–Kier alpha value is -1.76. The van der Waals surface area contributed by atoms with Gasteiger partial charge in [-0.05, 0) is 42.2 Å². The van der Waals surface area contributed by atoms with Crippen molar-refractivity contribution >= 4 is 11.4 Å². The van der Waals surface area contributed by atoms with Gasteiger partial charge in [0.1, 0.15) is 0 Å². The second-order valence-electron chi connectivity index (χ2n) is 4.50. The van der Waals surface area contributed by atoms with Crippen molar-refractivity contribution in [1.82, 2.24) is 0 Å². The summed E-state index contributed by atoms with van der Waals surface area (Å²) in [5.41, 5.74) is 8.07. The van der Waals surface area contributed by atoms with Gasteiger partial charge in [-0.1, -0.05) is 30.3 Å². The highest BCUT2D eigenvalue weighted by Gasteiger charge is 2.16. The molecule has 0 radical (unpaired) electrons. The molecule has 0 unspecified atom stereocenters. The number of anilines is 2. The molecule has 1 nitrogen and oxygen atoms in total. The minimum atomic E-state index is 1.04. The van der Waals surface area contributed by atoms with E-state index in [4.69, 9.17) is 0 Å². The van der Waals surface area contributed by atoms with Crippen molar-refractivity contribution in [2.45, 2.75) is 20.3 Å². The fourth-order valence-corrected chi connectivity index (χ4v) is 2.33. The van der Waals surface area contributed by atoms with E-state index < -0.39 is 0 Å². The largest absolute Gasteiger partial charge is 0.355 e. The number of aryl methyl sites for hydroxylation is 1. The Labute approximate surface area is 96.1 Å². The summed E-state index contributed by atoms with van der Waals surface area (Å²) in [7, 11) is 0. The van der Waals surface area contributed by atoms with E-state index >= 15 is 0 Å². The molecule has 80 valence electrons. The van der Waals surface area contributed by atoms with E-state index in [0.717, 1.165) is 6.42 Å². The molecule has 1 heterocycles. The molecule has 0 aromatic heterocycles. The lowest BCUT2D eigenvalue weighted by atomic mass is 9.93. The number of nitrogens with one attached hydrogen (secondary N) is 1. The minimum Gasteiger partial charge on any atom is -0.355 e. The zero-order valence-electron chi connectivity index (χ0n) is 9.67. The summed E-state index contributed by atoms with van der Waals surface area (Å²) in [4.78, 5) is 0. The Balaban J connectivity index is 2.16. The molecule has 3 rings (SSSR count). The van der Waals surface area contributed by atoms with E-state index in [2.05, 4.69) is 55.6 Å². The quantitative estimate of drug-likeness (QED) is 0.591. The molecular weight excluding hydrogens is 194 g/mol. The molecule has 0 atom stereocenters. The molecule has 0 fully saturated rings. The second-order valence-corrected chi connectivity index (χ2v) is 4.50. The van der Waals surface area contributed by atoms with E-state index in [-0.39, 0.29) is 0 Å². The monoisotopic (exact) mass is 209 g/mol. The van der Waals surface area contributed by atoms with Gasteiger partial charge in [0.2, 0.25) is 0 Å². The number of benzene rings is 2. The third kappa shape index (κ3) is 1.32. The third-order valence-corrected chi connectivity index (χ3v) is 3.48. The molecule has 0 spiro atoms. The number of hydrogen-bond donors (Lipinski definition) is 1. The number of para-hydroxylation sites is 1. The van der Waals surface area contributed by atoms with Gasteiger partial charge in [-0.3, -0.25) is 0 Å². The standard InChI is InChI=1S/C15H15N/c1-10-7-8-13-9-12-5-3-4-6-14(12)16-15(13)11(10)2/h3-8,16H,9H2,1-2H3. The smallest absolute Gasteiger partial charge is 0.0452 e. The summed E-state index contributed by atoms with van der Waals surface area (Å²) in [5.74, 6) is 0. The van der Waals surface area contributed by atoms with Gasteiger partial charge < -0.3 is 5.32 Å². The first-order valence-electron chi connectivity index (χ1n) is 5.70. The Morgan fingerprint density at radius 3 is 2.62 bits per heavy atom. The molecule has 0 amide bonds. The highest BCUT2D eigenvalue weighted by Crippen LogP contribution is 2.35. The van der Waals surface area contributed by atoms with Crippen molar-refractivity contribution < 1.29 is 0 Å². The normalized spacial score (nSPS) is 12.6. The topological polar surface area (TPSA) is 12.0 Å². The number of rotatable bonds is 0. The van der Waals surface area contributed by atoms with Crippen LogP contribution in [0.25, 0.3) is 0 Å². The van der Waals surface area contributed by atoms with Crippen LogP contribution < -0.4 is 5.32 Å². The van der Waals surface area contributed by atoms with Gasteiger partial charge >= 0.3 is 0 Å². The van der Waals surface area contributed by atoms with E-state index in [1.807, 2.05) is 0 Å². The van der Waals surface area contributed by atoms with Crippen molar-refractivity contribution in [3.63, 3.8) is 0 Å². The lowest BCUT2D eigenvalue weighted by Gasteiger charge is -2.24. The van der Waals surface area contributed by atoms with E-state index in [1.54, 1.807) is 0 Å². The zero-order valence-corrected chi connectivity index (χ0v) is 9.67. The van der Waals surface area contributed by atoms with Gasteiger partial charge in [0.05, 0.1) is 0 Å². The Morgan fingerprint density at radius 1 is 0.938 bits per heavy atom. The molecule has 2 aromatic rings. The van der Waals surface area contributed by atoms with Gasteiger partial charge in [0.15, 0.2) is 0 Å². The Bertz CT molecular complexity index is 555. The summed E-state index contributed by atoms with van der Waals surface area (Å²) in [6.45, 7) is 4.35. The molecule has 1 aliphatic rings. The van der Waals surface area contributed by atoms with Crippen molar-refractivity contribution in [3.05, 3.63) is 58.7 Å². The van der Waals surface area contributed by atoms with Crippen molar-refractivity contribution in [3.8, 4) is 0 Å². The van der Waals surface area contributed by atoms with Crippen LogP contribution in [0.1, 0.15) is 22.3 Å². The zero-order chi connectivity index (χ0) is 11.1. The summed E-state index contributed by atoms with van der Waals surface area (Å²) >= 11 is 0. The molecule has 1 heteroatoms. The number of fused-ring (bicyclic) bond motifs is 2. The molecule has 16 heavy (non-hydrogen) atoms. The van der Waals surface area contributed by atoms with Gasteiger partial charge in [0, 0.05) is 17.8 Å². The maximum absolute atomic E-state index is 3.55. The highest BCUT2D eigenvalue weighted by atomic mass is 14.9. The maximum atomic E-state index is 3.55. The van der Waals surface area contributed by atoms with Gasteiger partial charge in [-0.15, -0.1) is 0 Å².